The molecule has 8 nitrogen and oxygen atoms in total. The molecular weight excluding hydrogens is 362 g/mol. The zero-order valence-electron chi connectivity index (χ0n) is 14.9. The van der Waals surface area contributed by atoms with Crippen molar-refractivity contribution in [1.29, 1.82) is 0 Å². The summed E-state index contributed by atoms with van der Waals surface area (Å²) in [6, 6.07) is 13.1. The number of pyridine rings is 1. The van der Waals surface area contributed by atoms with Crippen molar-refractivity contribution >= 4 is 22.5 Å². The van der Waals surface area contributed by atoms with Gasteiger partial charge in [-0.2, -0.15) is 0 Å². The fourth-order valence-electron chi connectivity index (χ4n) is 3.16. The Labute approximate surface area is 160 Å². The van der Waals surface area contributed by atoms with Crippen molar-refractivity contribution in [2.45, 2.75) is 0 Å². The number of aromatic nitrogens is 1. The number of carbonyl (C=O) groups excluding carboxylic acids is 1. The van der Waals surface area contributed by atoms with E-state index in [0.717, 1.165) is 0 Å². The van der Waals surface area contributed by atoms with E-state index in [1.807, 2.05) is 0 Å². The Kier molecular flexibility index (Phi) is 4.86. The molecule has 0 unspecified atom stereocenters. The Balaban J connectivity index is 1.72. The summed E-state index contributed by atoms with van der Waals surface area (Å²) >= 11 is 0. The molecule has 0 saturated carbocycles. The molecule has 1 aliphatic heterocycles. The van der Waals surface area contributed by atoms with E-state index in [1.165, 1.54) is 12.1 Å². The highest BCUT2D eigenvalue weighted by molar-refractivity contribution is 5.97. The van der Waals surface area contributed by atoms with Gasteiger partial charge in [-0.1, -0.05) is 12.1 Å². The molecular formula is C20H17N3O5. The van der Waals surface area contributed by atoms with Crippen molar-refractivity contribution < 1.29 is 19.2 Å². The highest BCUT2D eigenvalue weighted by Crippen LogP contribution is 2.35. The molecule has 0 radical (unpaired) electrons. The second kappa shape index (κ2) is 7.61. The first-order valence-electron chi connectivity index (χ1n) is 8.81. The zero-order chi connectivity index (χ0) is 19.5. The average molecular weight is 379 g/mol. The first-order chi connectivity index (χ1) is 13.6. The molecule has 0 aliphatic carbocycles. The Hall–Kier alpha value is -3.52. The lowest BCUT2D eigenvalue weighted by molar-refractivity contribution is -0.383. The number of ether oxygens (including phenoxy) is 2. The molecule has 142 valence electrons. The molecule has 0 bridgehead atoms. The van der Waals surface area contributed by atoms with Gasteiger partial charge < -0.3 is 14.4 Å². The maximum Gasteiger partial charge on any atom is 0.279 e. The van der Waals surface area contributed by atoms with Crippen molar-refractivity contribution in [1.82, 2.24) is 9.88 Å². The van der Waals surface area contributed by atoms with Crippen LogP contribution in [-0.4, -0.2) is 47.0 Å². The molecule has 8 heteroatoms. The average Bonchev–Trinajstić information content (AvgIpc) is 2.74. The number of carbonyl (C=O) groups is 1. The molecule has 1 aromatic heterocycles. The summed E-state index contributed by atoms with van der Waals surface area (Å²) in [5, 5.41) is 11.7. The van der Waals surface area contributed by atoms with Gasteiger partial charge >= 0.3 is 0 Å². The van der Waals surface area contributed by atoms with Gasteiger partial charge in [-0.15, -0.1) is 0 Å². The summed E-state index contributed by atoms with van der Waals surface area (Å²) in [6.07, 6.45) is 1.55. The van der Waals surface area contributed by atoms with E-state index in [9.17, 15) is 14.9 Å². The van der Waals surface area contributed by atoms with Crippen LogP contribution in [0.4, 0.5) is 5.69 Å². The minimum Gasteiger partial charge on any atom is -0.454 e. The maximum absolute atomic E-state index is 12.9. The lowest BCUT2D eigenvalue weighted by Gasteiger charge is -2.27. The molecule has 0 N–H and O–H groups in total. The number of hydrogen-bond donors (Lipinski definition) is 0. The molecule has 2 aromatic carbocycles. The van der Waals surface area contributed by atoms with Crippen molar-refractivity contribution in [3.05, 3.63) is 70.4 Å². The molecule has 1 amide bonds. The highest BCUT2D eigenvalue weighted by atomic mass is 16.6. The quantitative estimate of drug-likeness (QED) is 0.509. The molecule has 1 fully saturated rings. The summed E-state index contributed by atoms with van der Waals surface area (Å²) < 4.78 is 11.3. The standard InChI is InChI=1S/C20H17N3O5/c24-20(22-10-12-27-13-11-22)15-4-1-2-6-17(15)28-18-8-7-16(23(25)26)14-5-3-9-21-19(14)18/h1-9H,10-13H2. The number of para-hydroxylation sites is 1. The lowest BCUT2D eigenvalue weighted by Crippen LogP contribution is -2.40. The Morgan fingerprint density at radius 2 is 1.86 bits per heavy atom. The summed E-state index contributed by atoms with van der Waals surface area (Å²) in [6.45, 7) is 2.06. The van der Waals surface area contributed by atoms with Crippen molar-refractivity contribution in [3.63, 3.8) is 0 Å². The summed E-state index contributed by atoms with van der Waals surface area (Å²) in [5.41, 5.74) is 0.741. The maximum atomic E-state index is 12.9. The third kappa shape index (κ3) is 3.37. The van der Waals surface area contributed by atoms with Crippen LogP contribution in [0.3, 0.4) is 0 Å². The van der Waals surface area contributed by atoms with Crippen molar-refractivity contribution in [3.8, 4) is 11.5 Å². The van der Waals surface area contributed by atoms with Gasteiger partial charge in [0.25, 0.3) is 11.6 Å². The molecule has 1 saturated heterocycles. The number of non-ortho nitro benzene ring substituents is 1. The van der Waals surface area contributed by atoms with Gasteiger partial charge in [-0.3, -0.25) is 19.9 Å². The third-order valence-electron chi connectivity index (χ3n) is 4.54. The Morgan fingerprint density at radius 3 is 2.64 bits per heavy atom. The normalized spacial score (nSPS) is 14.1. The molecule has 1 aliphatic rings. The number of nitro groups is 1. The van der Waals surface area contributed by atoms with Crippen LogP contribution >= 0.6 is 0 Å². The number of rotatable bonds is 4. The zero-order valence-corrected chi connectivity index (χ0v) is 14.9. The van der Waals surface area contributed by atoms with E-state index in [1.54, 1.807) is 47.5 Å². The summed E-state index contributed by atoms with van der Waals surface area (Å²) in [4.78, 5) is 29.7. The van der Waals surface area contributed by atoms with E-state index in [2.05, 4.69) is 4.98 Å². The first-order valence-corrected chi connectivity index (χ1v) is 8.81. The topological polar surface area (TPSA) is 94.8 Å². The fourth-order valence-corrected chi connectivity index (χ4v) is 3.16. The highest BCUT2D eigenvalue weighted by Gasteiger charge is 2.23. The number of hydrogen-bond acceptors (Lipinski definition) is 6. The van der Waals surface area contributed by atoms with Gasteiger partial charge in [0.15, 0.2) is 5.75 Å². The minimum atomic E-state index is -0.455. The van der Waals surface area contributed by atoms with Gasteiger partial charge in [0.2, 0.25) is 0 Å². The predicted molar refractivity (Wildman–Crippen MR) is 102 cm³/mol. The summed E-state index contributed by atoms with van der Waals surface area (Å²) in [5.74, 6) is 0.585. The molecule has 28 heavy (non-hydrogen) atoms. The van der Waals surface area contributed by atoms with Gasteiger partial charge in [0.1, 0.15) is 11.3 Å². The number of nitrogens with zero attached hydrogens (tertiary/aromatic N) is 3. The number of morpholine rings is 1. The fraction of sp³-hybridized carbons (Fsp3) is 0.200. The van der Waals surface area contributed by atoms with E-state index < -0.39 is 4.92 Å². The van der Waals surface area contributed by atoms with Crippen LogP contribution in [0.5, 0.6) is 11.5 Å². The van der Waals surface area contributed by atoms with Crippen LogP contribution in [0.25, 0.3) is 10.9 Å². The van der Waals surface area contributed by atoms with Crippen LogP contribution < -0.4 is 4.74 Å². The second-order valence-corrected chi connectivity index (χ2v) is 6.24. The molecule has 4 rings (SSSR count). The van der Waals surface area contributed by atoms with Gasteiger partial charge in [-0.05, 0) is 30.3 Å². The van der Waals surface area contributed by atoms with Crippen LogP contribution in [0.2, 0.25) is 0 Å². The van der Waals surface area contributed by atoms with Crippen LogP contribution in [0.15, 0.2) is 54.7 Å². The van der Waals surface area contributed by atoms with Gasteiger partial charge in [-0.25, -0.2) is 0 Å². The monoisotopic (exact) mass is 379 g/mol. The number of nitro benzene ring substituents is 1. The number of fused-ring (bicyclic) bond motifs is 1. The van der Waals surface area contributed by atoms with E-state index in [0.29, 0.717) is 54.3 Å². The first kappa shape index (κ1) is 17.9. The van der Waals surface area contributed by atoms with Crippen LogP contribution in [0.1, 0.15) is 10.4 Å². The lowest BCUT2D eigenvalue weighted by atomic mass is 10.1. The van der Waals surface area contributed by atoms with Crippen molar-refractivity contribution in [2.24, 2.45) is 0 Å². The van der Waals surface area contributed by atoms with Crippen molar-refractivity contribution in [2.75, 3.05) is 26.3 Å². The third-order valence-corrected chi connectivity index (χ3v) is 4.54. The number of amides is 1. The SMILES string of the molecule is O=C(c1ccccc1Oc1ccc([N+](=O)[O-])c2cccnc12)N1CCOCC1. The minimum absolute atomic E-state index is 0.0480. The molecule has 0 spiro atoms. The predicted octanol–water partition coefficient (Wildman–Crippen LogP) is 3.41. The molecule has 3 aromatic rings. The molecule has 2 heterocycles. The Bertz CT molecular complexity index is 1050. The van der Waals surface area contributed by atoms with Gasteiger partial charge in [0.05, 0.1) is 29.1 Å². The Morgan fingerprint density at radius 1 is 1.07 bits per heavy atom. The van der Waals surface area contributed by atoms with Gasteiger partial charge in [0, 0.05) is 25.4 Å². The molecule has 0 atom stereocenters. The van der Waals surface area contributed by atoms with E-state index in [4.69, 9.17) is 9.47 Å². The smallest absolute Gasteiger partial charge is 0.279 e. The van der Waals surface area contributed by atoms with E-state index in [-0.39, 0.29) is 11.6 Å². The van der Waals surface area contributed by atoms with E-state index >= 15 is 0 Å². The largest absolute Gasteiger partial charge is 0.454 e. The van der Waals surface area contributed by atoms with Crippen LogP contribution in [-0.2, 0) is 4.74 Å². The van der Waals surface area contributed by atoms with Crippen LogP contribution in [0, 0.1) is 10.1 Å². The second-order valence-electron chi connectivity index (χ2n) is 6.24. The number of benzene rings is 2. The summed E-state index contributed by atoms with van der Waals surface area (Å²) in [7, 11) is 0.